The van der Waals surface area contributed by atoms with Gasteiger partial charge < -0.3 is 28.9 Å². The molecule has 678 valence electrons. The van der Waals surface area contributed by atoms with Crippen molar-refractivity contribution in [2.75, 3.05) is 14.7 Å². The number of ether oxygens (including phenoxy) is 3. The van der Waals surface area contributed by atoms with E-state index in [1.807, 2.05) is 178 Å². The number of rotatable bonds is 21. The summed E-state index contributed by atoms with van der Waals surface area (Å²) in [6.45, 7) is 33.5. The Bertz CT molecular complexity index is 5840. The van der Waals surface area contributed by atoms with Crippen LogP contribution in [0.2, 0.25) is 15.1 Å². The predicted molar refractivity (Wildman–Crippen MR) is 511 cm³/mol. The van der Waals surface area contributed by atoms with Crippen molar-refractivity contribution in [3.05, 3.63) is 314 Å². The molecule has 0 atom stereocenters. The number of benzene rings is 7. The Morgan fingerprint density at radius 2 is 0.485 bits per heavy atom. The van der Waals surface area contributed by atoms with Crippen LogP contribution < -0.4 is 28.9 Å². The van der Waals surface area contributed by atoms with Crippen LogP contribution in [0.25, 0.3) is 0 Å². The smallest absolute Gasteiger partial charge is 0.162 e. The molecule has 3 aliphatic heterocycles. The van der Waals surface area contributed by atoms with E-state index in [0.29, 0.717) is 180 Å². The Hall–Kier alpha value is -11.9. The molecule has 19 rings (SSSR count). The Kier molecular flexibility index (Phi) is 22.8. The van der Waals surface area contributed by atoms with E-state index in [0.717, 1.165) is 101 Å². The van der Waals surface area contributed by atoms with Crippen LogP contribution in [0.3, 0.4) is 0 Å². The van der Waals surface area contributed by atoms with Gasteiger partial charge in [0.05, 0.1) is 38.2 Å². The molecule has 0 amide bonds. The number of nitrogens with zero attached hydrogens (tertiary/aromatic N) is 12. The van der Waals surface area contributed by atoms with Crippen molar-refractivity contribution < 1.29 is 43.0 Å². The average molecular weight is 1830 g/mol. The standard InChI is InChI=1S/C108H111Cl3N12O9/c1-61-79(55-118-52-70(112-115-118)58-130-76-34-16-64(17-35-76)94-97-82(40-103(4,5)46-88(97)124)121(73-28-22-67(109)23-29-73)83-41-104(6,7)47-89(125)98(83)94)62(2)81(57-120-54-72(114-117-120)60-132-78-38-20-66(21-39-78)96-101-86(44-107(12,13)50-92(101)128)123(75-32-26-69(111)27-33-75)87-45-108(14,15)51-93(129)102(87)96)63(3)80(61)56-119-53-71(113-116-119)59-131-77-36-18-65(19-37-77)95-99-84(42-105(8,9)48-90(99)126)122(74-30-24-68(110)25-31-74)85-43-106(10,11)49-91(127)100(85)95/h16-39,52-54,94-96H,40-51,55-60H2,1-15H3. The molecule has 6 heterocycles. The summed E-state index contributed by atoms with van der Waals surface area (Å²) in [6.07, 6.45) is 11.8. The molecule has 132 heavy (non-hydrogen) atoms. The molecule has 10 aromatic rings. The van der Waals surface area contributed by atoms with E-state index in [2.05, 4.69) is 134 Å². The Balaban J connectivity index is 0.587. The normalized spacial score (nSPS) is 20.0. The lowest BCUT2D eigenvalue weighted by Crippen LogP contribution is -2.44. The van der Waals surface area contributed by atoms with Crippen molar-refractivity contribution in [2.24, 2.45) is 32.5 Å². The van der Waals surface area contributed by atoms with Crippen molar-refractivity contribution in [3.63, 3.8) is 0 Å². The second kappa shape index (κ2) is 33.7. The fraction of sp³-hybridized carbons (Fsp3) is 0.389. The van der Waals surface area contributed by atoms with Crippen LogP contribution in [0.4, 0.5) is 17.1 Å². The Labute approximate surface area is 786 Å². The van der Waals surface area contributed by atoms with Gasteiger partial charge in [-0.25, -0.2) is 14.0 Å². The molecule has 0 fully saturated rings. The molecule has 9 aliphatic rings. The SMILES string of the molecule is Cc1c(Cn2cc(COc3ccc(C4C5=C(CC(C)(C)CC5=O)N(c5ccc(Cl)cc5)C5=C4C(=O)CC(C)(C)C5)cc3)nn2)c(C)c(Cn2cc(COc3ccc(C4C5=C(CC(C)(C)CC5=O)N(c5ccc(Cl)cc5)C5=C4C(=O)CC(C)(C)C5)cc3)nn2)c(C)c1Cn1cc(COc2ccc(C3C4=C(CC(C)(C)CC4=O)N(c4ccc(Cl)cc4)C4=C3C(=O)CC(C)(C)C4)cc2)nn1. The molecule has 21 nitrogen and oxygen atoms in total. The predicted octanol–water partition coefficient (Wildman–Crippen LogP) is 22.9. The first-order valence-corrected chi connectivity index (χ1v) is 47.0. The lowest BCUT2D eigenvalue weighted by atomic mass is 9.63. The lowest BCUT2D eigenvalue weighted by molar-refractivity contribution is -0.120. The van der Waals surface area contributed by atoms with Crippen LogP contribution in [0.1, 0.15) is 245 Å². The van der Waals surface area contributed by atoms with Crippen molar-refractivity contribution >= 4 is 86.6 Å². The highest BCUT2D eigenvalue weighted by Gasteiger charge is 2.54. The minimum absolute atomic E-state index is 0.0459. The van der Waals surface area contributed by atoms with Crippen LogP contribution in [0.15, 0.2) is 232 Å². The number of anilines is 3. The van der Waals surface area contributed by atoms with Crippen molar-refractivity contribution in [1.82, 2.24) is 45.0 Å². The van der Waals surface area contributed by atoms with Gasteiger partial charge >= 0.3 is 0 Å². The summed E-state index contributed by atoms with van der Waals surface area (Å²) in [5.74, 6) is 0.407. The van der Waals surface area contributed by atoms with Crippen LogP contribution in [0, 0.1) is 53.3 Å². The van der Waals surface area contributed by atoms with Crippen molar-refractivity contribution in [1.29, 1.82) is 0 Å². The molecule has 0 saturated carbocycles. The fourth-order valence-electron chi connectivity index (χ4n) is 22.4. The van der Waals surface area contributed by atoms with E-state index in [1.165, 1.54) is 0 Å². The zero-order valence-electron chi connectivity index (χ0n) is 77.7. The molecular formula is C108H111Cl3N12O9. The number of allylic oxidation sites excluding steroid dienone is 12. The van der Waals surface area contributed by atoms with Crippen molar-refractivity contribution in [2.45, 2.75) is 238 Å². The summed E-state index contributed by atoms with van der Waals surface area (Å²) in [6, 6.07) is 46.4. The van der Waals surface area contributed by atoms with E-state index >= 15 is 0 Å². The number of carbonyl (C=O) groups excluding carboxylic acids is 6. The number of hydrogen-bond acceptors (Lipinski definition) is 18. The molecule has 0 spiro atoms. The van der Waals surface area contributed by atoms with Gasteiger partial charge in [-0.15, -0.1) is 15.3 Å². The molecular weight excluding hydrogens is 1720 g/mol. The minimum atomic E-state index is -0.545. The van der Waals surface area contributed by atoms with Gasteiger partial charge in [0.1, 0.15) is 54.2 Å². The maximum Gasteiger partial charge on any atom is 0.162 e. The van der Waals surface area contributed by atoms with Gasteiger partial charge in [0.25, 0.3) is 0 Å². The highest BCUT2D eigenvalue weighted by molar-refractivity contribution is 6.31. The zero-order chi connectivity index (χ0) is 92.9. The zero-order valence-corrected chi connectivity index (χ0v) is 80.0. The lowest BCUT2D eigenvalue weighted by Gasteiger charge is -2.49. The van der Waals surface area contributed by atoms with Gasteiger partial charge in [-0.3, -0.25) is 28.8 Å². The summed E-state index contributed by atoms with van der Waals surface area (Å²) in [5.41, 5.74) is 21.0. The quantitative estimate of drug-likeness (QED) is 0.0650. The number of aromatic nitrogens is 9. The number of hydrogen-bond donors (Lipinski definition) is 0. The average Bonchev–Trinajstić information content (AvgIpc) is 0.736. The third kappa shape index (κ3) is 17.3. The fourth-order valence-corrected chi connectivity index (χ4v) is 22.8. The van der Waals surface area contributed by atoms with E-state index in [9.17, 15) is 28.8 Å². The number of carbonyl (C=O) groups is 6. The summed E-state index contributed by atoms with van der Waals surface area (Å²) >= 11 is 19.4. The summed E-state index contributed by atoms with van der Waals surface area (Å²) in [7, 11) is 0. The topological polar surface area (TPSA) is 232 Å². The number of halogens is 3. The van der Waals surface area contributed by atoms with E-state index in [4.69, 9.17) is 64.7 Å². The van der Waals surface area contributed by atoms with Gasteiger partial charge in [-0.2, -0.15) is 0 Å². The monoisotopic (exact) mass is 1820 g/mol. The number of ketones is 6. The molecule has 0 bridgehead atoms. The van der Waals surface area contributed by atoms with E-state index < -0.39 is 17.8 Å². The van der Waals surface area contributed by atoms with Gasteiger partial charge in [-0.1, -0.05) is 170 Å². The highest BCUT2D eigenvalue weighted by atomic mass is 35.5. The first kappa shape index (κ1) is 89.3. The second-order valence-electron chi connectivity index (χ2n) is 42.6. The number of Topliss-reactive ketones (excluding diaryl/α,β-unsaturated/α-hetero) is 6. The molecule has 0 radical (unpaired) electrons. The molecule has 0 saturated heterocycles. The first-order chi connectivity index (χ1) is 62.7. The maximum absolute atomic E-state index is 14.7. The van der Waals surface area contributed by atoms with Gasteiger partial charge in [-0.05, 0) is 251 Å². The van der Waals surface area contributed by atoms with E-state index in [1.54, 1.807) is 0 Å². The van der Waals surface area contributed by atoms with Gasteiger partial charge in [0.2, 0.25) is 0 Å². The molecule has 3 aromatic heterocycles. The van der Waals surface area contributed by atoms with Crippen LogP contribution in [-0.4, -0.2) is 79.7 Å². The van der Waals surface area contributed by atoms with Crippen LogP contribution in [-0.2, 0) is 68.2 Å². The summed E-state index contributed by atoms with van der Waals surface area (Å²) in [5, 5.41) is 29.9. The third-order valence-corrected chi connectivity index (χ3v) is 29.0. The summed E-state index contributed by atoms with van der Waals surface area (Å²) < 4.78 is 25.0. The Morgan fingerprint density at radius 1 is 0.288 bits per heavy atom. The molecule has 6 aliphatic carbocycles. The first-order valence-electron chi connectivity index (χ1n) is 45.9. The molecule has 7 aromatic carbocycles. The largest absolute Gasteiger partial charge is 0.487 e. The molecule has 24 heteroatoms. The van der Waals surface area contributed by atoms with Gasteiger partial charge in [0, 0.05) is 156 Å². The molecule has 0 unspecified atom stereocenters. The van der Waals surface area contributed by atoms with Gasteiger partial charge in [0.15, 0.2) is 34.7 Å². The maximum atomic E-state index is 14.7. The van der Waals surface area contributed by atoms with Crippen LogP contribution in [0.5, 0.6) is 17.2 Å². The second-order valence-corrected chi connectivity index (χ2v) is 44.0. The van der Waals surface area contributed by atoms with Crippen molar-refractivity contribution in [3.8, 4) is 17.2 Å². The third-order valence-electron chi connectivity index (χ3n) is 28.2. The van der Waals surface area contributed by atoms with E-state index in [-0.39, 0.29) is 87.0 Å². The minimum Gasteiger partial charge on any atom is -0.487 e. The highest BCUT2D eigenvalue weighted by Crippen LogP contribution is 2.61. The Morgan fingerprint density at radius 3 is 0.682 bits per heavy atom. The van der Waals surface area contributed by atoms with Crippen LogP contribution >= 0.6 is 34.8 Å². The molecule has 0 N–H and O–H groups in total. The summed E-state index contributed by atoms with van der Waals surface area (Å²) in [4.78, 5) is 95.0.